The molecule has 0 bridgehead atoms. The van der Waals surface area contributed by atoms with Crippen LogP contribution in [0.1, 0.15) is 42.5 Å². The topological polar surface area (TPSA) is 39.2 Å². The van der Waals surface area contributed by atoms with Gasteiger partial charge >= 0.3 is 5.97 Å². The van der Waals surface area contributed by atoms with Crippen LogP contribution < -0.4 is 0 Å². The quantitative estimate of drug-likeness (QED) is 0.723. The van der Waals surface area contributed by atoms with E-state index in [1.807, 2.05) is 0 Å². The maximum Gasteiger partial charge on any atom is 0.340 e. The number of aromatic nitrogens is 1. The SMILES string of the molecule is O=C(OC1CCCCC1)c1cncc(F)c1. The fourth-order valence-corrected chi connectivity index (χ4v) is 1.93. The van der Waals surface area contributed by atoms with Crippen molar-refractivity contribution in [3.05, 3.63) is 29.8 Å². The number of hydrogen-bond acceptors (Lipinski definition) is 3. The zero-order valence-corrected chi connectivity index (χ0v) is 8.99. The summed E-state index contributed by atoms with van der Waals surface area (Å²) in [5, 5.41) is 0. The number of carbonyl (C=O) groups is 1. The summed E-state index contributed by atoms with van der Waals surface area (Å²) in [6.07, 6.45) is 7.60. The molecule has 1 heterocycles. The molecular formula is C12H14FNO2. The maximum atomic E-state index is 12.8. The number of pyridine rings is 1. The highest BCUT2D eigenvalue weighted by molar-refractivity contribution is 5.89. The van der Waals surface area contributed by atoms with E-state index in [9.17, 15) is 9.18 Å². The molecule has 0 spiro atoms. The first-order valence-corrected chi connectivity index (χ1v) is 5.57. The second-order valence-electron chi connectivity index (χ2n) is 4.06. The molecule has 0 amide bonds. The van der Waals surface area contributed by atoms with Crippen LogP contribution in [-0.2, 0) is 4.74 Å². The Kier molecular flexibility index (Phi) is 3.49. The van der Waals surface area contributed by atoms with E-state index in [1.54, 1.807) is 0 Å². The largest absolute Gasteiger partial charge is 0.459 e. The molecule has 86 valence electrons. The van der Waals surface area contributed by atoms with Gasteiger partial charge in [-0.1, -0.05) is 6.42 Å². The molecule has 0 aromatic carbocycles. The Morgan fingerprint density at radius 1 is 1.31 bits per heavy atom. The van der Waals surface area contributed by atoms with Crippen molar-refractivity contribution < 1.29 is 13.9 Å². The van der Waals surface area contributed by atoms with E-state index in [0.717, 1.165) is 37.9 Å². The first-order chi connectivity index (χ1) is 7.75. The van der Waals surface area contributed by atoms with Gasteiger partial charge < -0.3 is 4.74 Å². The van der Waals surface area contributed by atoms with Crippen LogP contribution in [-0.4, -0.2) is 17.1 Å². The molecule has 0 aliphatic heterocycles. The summed E-state index contributed by atoms with van der Waals surface area (Å²) in [5.74, 6) is -0.989. The van der Waals surface area contributed by atoms with E-state index in [-0.39, 0.29) is 11.7 Å². The van der Waals surface area contributed by atoms with Gasteiger partial charge in [0.2, 0.25) is 0 Å². The van der Waals surface area contributed by atoms with Crippen LogP contribution in [0.5, 0.6) is 0 Å². The van der Waals surface area contributed by atoms with Crippen molar-refractivity contribution in [2.75, 3.05) is 0 Å². The van der Waals surface area contributed by atoms with Gasteiger partial charge in [0.15, 0.2) is 0 Å². The maximum absolute atomic E-state index is 12.8. The number of rotatable bonds is 2. The van der Waals surface area contributed by atoms with Crippen molar-refractivity contribution in [1.82, 2.24) is 4.98 Å². The lowest BCUT2D eigenvalue weighted by Crippen LogP contribution is -2.21. The fourth-order valence-electron chi connectivity index (χ4n) is 1.93. The lowest BCUT2D eigenvalue weighted by atomic mass is 9.98. The van der Waals surface area contributed by atoms with Crippen LogP contribution in [0.15, 0.2) is 18.5 Å². The lowest BCUT2D eigenvalue weighted by molar-refractivity contribution is 0.0210. The van der Waals surface area contributed by atoms with Crippen LogP contribution in [0.25, 0.3) is 0 Å². The van der Waals surface area contributed by atoms with Gasteiger partial charge in [-0.05, 0) is 31.7 Å². The minimum absolute atomic E-state index is 0.00971. The Hall–Kier alpha value is -1.45. The zero-order valence-electron chi connectivity index (χ0n) is 8.99. The summed E-state index contributed by atoms with van der Waals surface area (Å²) in [7, 11) is 0. The van der Waals surface area contributed by atoms with Gasteiger partial charge in [-0.2, -0.15) is 0 Å². The summed E-state index contributed by atoms with van der Waals surface area (Å²) in [6, 6.07) is 1.15. The molecule has 0 unspecified atom stereocenters. The highest BCUT2D eigenvalue weighted by Crippen LogP contribution is 2.21. The Morgan fingerprint density at radius 2 is 2.06 bits per heavy atom. The second-order valence-corrected chi connectivity index (χ2v) is 4.06. The van der Waals surface area contributed by atoms with E-state index in [1.165, 1.54) is 12.6 Å². The van der Waals surface area contributed by atoms with Gasteiger partial charge in [0.05, 0.1) is 11.8 Å². The van der Waals surface area contributed by atoms with Gasteiger partial charge in [-0.15, -0.1) is 0 Å². The first-order valence-electron chi connectivity index (χ1n) is 5.57. The monoisotopic (exact) mass is 223 g/mol. The number of ether oxygens (including phenoxy) is 1. The fraction of sp³-hybridized carbons (Fsp3) is 0.500. The molecule has 0 N–H and O–H groups in total. The van der Waals surface area contributed by atoms with Crippen molar-refractivity contribution in [1.29, 1.82) is 0 Å². The number of hydrogen-bond donors (Lipinski definition) is 0. The van der Waals surface area contributed by atoms with Crippen LogP contribution in [0, 0.1) is 5.82 Å². The predicted molar refractivity (Wildman–Crippen MR) is 56.5 cm³/mol. The second kappa shape index (κ2) is 5.05. The van der Waals surface area contributed by atoms with Crippen molar-refractivity contribution in [3.63, 3.8) is 0 Å². The van der Waals surface area contributed by atoms with Gasteiger partial charge in [0.25, 0.3) is 0 Å². The standard InChI is InChI=1S/C12H14FNO2/c13-10-6-9(7-14-8-10)12(15)16-11-4-2-1-3-5-11/h6-8,11H,1-5H2. The van der Waals surface area contributed by atoms with Gasteiger partial charge in [0, 0.05) is 6.20 Å². The summed E-state index contributed by atoms with van der Waals surface area (Å²) in [6.45, 7) is 0. The van der Waals surface area contributed by atoms with E-state index >= 15 is 0 Å². The van der Waals surface area contributed by atoms with E-state index < -0.39 is 11.8 Å². The first kappa shape index (κ1) is 11.0. The molecule has 2 rings (SSSR count). The Balaban J connectivity index is 1.97. The van der Waals surface area contributed by atoms with Crippen LogP contribution in [0.2, 0.25) is 0 Å². The molecule has 0 radical (unpaired) electrons. The molecule has 1 saturated carbocycles. The molecule has 1 fully saturated rings. The minimum Gasteiger partial charge on any atom is -0.459 e. The zero-order chi connectivity index (χ0) is 11.4. The number of halogens is 1. The molecule has 0 atom stereocenters. The average Bonchev–Trinajstić information content (AvgIpc) is 2.30. The van der Waals surface area contributed by atoms with E-state index in [0.29, 0.717) is 0 Å². The molecule has 1 aliphatic carbocycles. The third-order valence-electron chi connectivity index (χ3n) is 2.77. The normalized spacial score (nSPS) is 17.1. The average molecular weight is 223 g/mol. The smallest absolute Gasteiger partial charge is 0.340 e. The van der Waals surface area contributed by atoms with Gasteiger partial charge in [-0.3, -0.25) is 4.98 Å². The van der Waals surface area contributed by atoms with Crippen molar-refractivity contribution in [3.8, 4) is 0 Å². The highest BCUT2D eigenvalue weighted by atomic mass is 19.1. The highest BCUT2D eigenvalue weighted by Gasteiger charge is 2.19. The van der Waals surface area contributed by atoms with Crippen LogP contribution >= 0.6 is 0 Å². The molecular weight excluding hydrogens is 209 g/mol. The van der Waals surface area contributed by atoms with Gasteiger partial charge in [0.1, 0.15) is 11.9 Å². The molecule has 4 heteroatoms. The van der Waals surface area contributed by atoms with E-state index in [4.69, 9.17) is 4.74 Å². The molecule has 0 saturated heterocycles. The third-order valence-corrected chi connectivity index (χ3v) is 2.77. The Labute approximate surface area is 93.6 Å². The van der Waals surface area contributed by atoms with Crippen molar-refractivity contribution >= 4 is 5.97 Å². The summed E-state index contributed by atoms with van der Waals surface area (Å²) in [4.78, 5) is 15.3. The van der Waals surface area contributed by atoms with Crippen LogP contribution in [0.4, 0.5) is 4.39 Å². The number of esters is 1. The van der Waals surface area contributed by atoms with E-state index in [2.05, 4.69) is 4.98 Å². The Morgan fingerprint density at radius 3 is 2.75 bits per heavy atom. The predicted octanol–water partition coefficient (Wildman–Crippen LogP) is 2.71. The number of carbonyl (C=O) groups excluding carboxylic acids is 1. The Bertz CT molecular complexity index is 375. The molecule has 3 nitrogen and oxygen atoms in total. The lowest BCUT2D eigenvalue weighted by Gasteiger charge is -2.21. The summed E-state index contributed by atoms with van der Waals surface area (Å²) in [5.41, 5.74) is 0.186. The number of nitrogens with zero attached hydrogens (tertiary/aromatic N) is 1. The minimum atomic E-state index is -0.516. The van der Waals surface area contributed by atoms with Gasteiger partial charge in [-0.25, -0.2) is 9.18 Å². The molecule has 1 aromatic heterocycles. The van der Waals surface area contributed by atoms with Crippen molar-refractivity contribution in [2.24, 2.45) is 0 Å². The third kappa shape index (κ3) is 2.78. The van der Waals surface area contributed by atoms with Crippen LogP contribution in [0.3, 0.4) is 0 Å². The molecule has 1 aliphatic rings. The molecule has 16 heavy (non-hydrogen) atoms. The summed E-state index contributed by atoms with van der Waals surface area (Å²) < 4.78 is 18.1. The van der Waals surface area contributed by atoms with Crippen molar-refractivity contribution in [2.45, 2.75) is 38.2 Å². The molecule has 1 aromatic rings. The summed E-state index contributed by atoms with van der Waals surface area (Å²) >= 11 is 0.